The number of phenols is 1. The quantitative estimate of drug-likeness (QED) is 0.693. The van der Waals surface area contributed by atoms with Crippen LogP contribution in [0.1, 0.15) is 5.56 Å². The van der Waals surface area contributed by atoms with E-state index in [2.05, 4.69) is 41.8 Å². The highest BCUT2D eigenvalue weighted by molar-refractivity contribution is 9.11. The molecule has 0 spiro atoms. The van der Waals surface area contributed by atoms with Crippen molar-refractivity contribution in [2.45, 2.75) is 0 Å². The summed E-state index contributed by atoms with van der Waals surface area (Å²) in [6.07, 6.45) is 0. The Labute approximate surface area is 125 Å². The van der Waals surface area contributed by atoms with Gasteiger partial charge in [0, 0.05) is 10.0 Å². The number of aromatic hydroxyl groups is 1. The number of hydrogen-bond acceptors (Lipinski definition) is 6. The van der Waals surface area contributed by atoms with Gasteiger partial charge in [0.15, 0.2) is 0 Å². The average molecular weight is 385 g/mol. The largest absolute Gasteiger partial charge is 0.506 e. The Morgan fingerprint density at radius 2 is 1.89 bits per heavy atom. The third kappa shape index (κ3) is 2.47. The predicted octanol–water partition coefficient (Wildman–Crippen LogP) is 2.41. The lowest BCUT2D eigenvalue weighted by atomic mass is 10.1. The Bertz CT molecular complexity index is 711. The highest BCUT2D eigenvalue weighted by Crippen LogP contribution is 2.39. The number of phenolic OH excluding ortho intramolecular Hbond substituents is 1. The van der Waals surface area contributed by atoms with Gasteiger partial charge in [0.05, 0.1) is 10.2 Å². The smallest absolute Gasteiger partial charge is 0.222 e. The summed E-state index contributed by atoms with van der Waals surface area (Å²) < 4.78 is 1.16. The van der Waals surface area contributed by atoms with E-state index in [-0.39, 0.29) is 28.8 Å². The SMILES string of the molecule is N#Cc1c(N)nc(N)nc1-c1cc(Br)cc(Br)c1O. The standard InChI is InChI=1S/C11H7Br2N5O/c12-4-1-5(9(19)7(13)2-4)8-6(3-14)10(15)18-11(16)17-8/h1-2,19H,(H4,15,16,17,18). The van der Waals surface area contributed by atoms with Crippen molar-refractivity contribution >= 4 is 43.6 Å². The van der Waals surface area contributed by atoms with E-state index in [0.717, 1.165) is 0 Å². The molecule has 0 saturated carbocycles. The first-order valence-corrected chi connectivity index (χ1v) is 6.54. The molecule has 1 aromatic heterocycles. The summed E-state index contributed by atoms with van der Waals surface area (Å²) >= 11 is 6.51. The molecule has 1 aromatic carbocycles. The minimum Gasteiger partial charge on any atom is -0.506 e. The van der Waals surface area contributed by atoms with Crippen LogP contribution in [0.25, 0.3) is 11.3 Å². The van der Waals surface area contributed by atoms with Crippen LogP contribution < -0.4 is 11.5 Å². The maximum atomic E-state index is 10.1. The van der Waals surface area contributed by atoms with Crippen LogP contribution >= 0.6 is 31.9 Å². The number of rotatable bonds is 1. The fourth-order valence-electron chi connectivity index (χ4n) is 1.55. The Morgan fingerprint density at radius 1 is 1.21 bits per heavy atom. The first kappa shape index (κ1) is 13.6. The second-order valence-electron chi connectivity index (χ2n) is 3.59. The van der Waals surface area contributed by atoms with Gasteiger partial charge in [0.2, 0.25) is 5.95 Å². The van der Waals surface area contributed by atoms with Crippen molar-refractivity contribution in [3.8, 4) is 23.1 Å². The van der Waals surface area contributed by atoms with Crippen LogP contribution in [0.3, 0.4) is 0 Å². The van der Waals surface area contributed by atoms with Crippen LogP contribution in [0, 0.1) is 11.3 Å². The monoisotopic (exact) mass is 383 g/mol. The van der Waals surface area contributed by atoms with Crippen molar-refractivity contribution in [3.63, 3.8) is 0 Å². The van der Waals surface area contributed by atoms with Crippen molar-refractivity contribution in [3.05, 3.63) is 26.6 Å². The summed E-state index contributed by atoms with van der Waals surface area (Å²) in [4.78, 5) is 7.70. The van der Waals surface area contributed by atoms with Crippen LogP contribution in [0.2, 0.25) is 0 Å². The first-order valence-electron chi connectivity index (χ1n) is 4.95. The predicted molar refractivity (Wildman–Crippen MR) is 78.1 cm³/mol. The molecule has 0 fully saturated rings. The molecular formula is C11H7Br2N5O. The second-order valence-corrected chi connectivity index (χ2v) is 5.36. The van der Waals surface area contributed by atoms with Gasteiger partial charge >= 0.3 is 0 Å². The summed E-state index contributed by atoms with van der Waals surface area (Å²) in [7, 11) is 0. The van der Waals surface area contributed by atoms with Gasteiger partial charge in [0.25, 0.3) is 0 Å². The molecule has 1 heterocycles. The Balaban J connectivity index is 2.83. The van der Waals surface area contributed by atoms with E-state index in [1.165, 1.54) is 0 Å². The van der Waals surface area contributed by atoms with E-state index in [4.69, 9.17) is 16.7 Å². The maximum absolute atomic E-state index is 10.1. The van der Waals surface area contributed by atoms with Crippen LogP contribution in [0.15, 0.2) is 21.1 Å². The number of anilines is 2. The lowest BCUT2D eigenvalue weighted by Crippen LogP contribution is -2.05. The molecular weight excluding hydrogens is 378 g/mol. The molecule has 6 nitrogen and oxygen atoms in total. The van der Waals surface area contributed by atoms with E-state index < -0.39 is 0 Å². The molecule has 2 aromatic rings. The summed E-state index contributed by atoms with van der Waals surface area (Å²) in [5.74, 6) is -0.153. The highest BCUT2D eigenvalue weighted by atomic mass is 79.9. The van der Waals surface area contributed by atoms with Gasteiger partial charge in [-0.15, -0.1) is 0 Å². The van der Waals surface area contributed by atoms with Crippen molar-refractivity contribution in [2.75, 3.05) is 11.5 Å². The Kier molecular flexibility index (Phi) is 3.59. The average Bonchev–Trinajstić information content (AvgIpc) is 2.33. The first-order chi connectivity index (χ1) is 8.93. The van der Waals surface area contributed by atoms with Crippen molar-refractivity contribution in [1.82, 2.24) is 9.97 Å². The number of halogens is 2. The summed E-state index contributed by atoms with van der Waals surface area (Å²) in [5.41, 5.74) is 11.8. The van der Waals surface area contributed by atoms with Crippen molar-refractivity contribution in [2.24, 2.45) is 0 Å². The number of nitrogens with zero attached hydrogens (tertiary/aromatic N) is 3. The van der Waals surface area contributed by atoms with Gasteiger partial charge in [-0.2, -0.15) is 10.2 Å². The van der Waals surface area contributed by atoms with Gasteiger partial charge in [-0.05, 0) is 28.1 Å². The molecule has 0 saturated heterocycles. The fraction of sp³-hybridized carbons (Fsp3) is 0. The lowest BCUT2D eigenvalue weighted by Gasteiger charge is -2.10. The lowest BCUT2D eigenvalue weighted by molar-refractivity contribution is 0.473. The van der Waals surface area contributed by atoms with E-state index in [0.29, 0.717) is 14.5 Å². The van der Waals surface area contributed by atoms with Crippen LogP contribution in [-0.4, -0.2) is 15.1 Å². The van der Waals surface area contributed by atoms with Crippen LogP contribution in [0.5, 0.6) is 5.75 Å². The Hall–Kier alpha value is -1.85. The topological polar surface area (TPSA) is 122 Å². The summed E-state index contributed by atoms with van der Waals surface area (Å²) in [6.45, 7) is 0. The molecule has 0 bridgehead atoms. The zero-order valence-corrected chi connectivity index (χ0v) is 12.5. The molecule has 8 heteroatoms. The number of nitrogens with two attached hydrogens (primary N) is 2. The number of nitriles is 1. The summed E-state index contributed by atoms with van der Waals surface area (Å²) in [5, 5.41) is 19.2. The third-order valence-electron chi connectivity index (χ3n) is 2.35. The molecule has 0 aliphatic carbocycles. The van der Waals surface area contributed by atoms with Crippen LogP contribution in [-0.2, 0) is 0 Å². The van der Waals surface area contributed by atoms with Gasteiger partial charge in [0.1, 0.15) is 23.2 Å². The van der Waals surface area contributed by atoms with Gasteiger partial charge < -0.3 is 16.6 Å². The van der Waals surface area contributed by atoms with Gasteiger partial charge in [-0.3, -0.25) is 0 Å². The van der Waals surface area contributed by atoms with Gasteiger partial charge in [-0.1, -0.05) is 15.9 Å². The van der Waals surface area contributed by atoms with E-state index in [1.807, 2.05) is 6.07 Å². The highest BCUT2D eigenvalue weighted by Gasteiger charge is 2.18. The molecule has 0 unspecified atom stereocenters. The van der Waals surface area contributed by atoms with E-state index in [1.54, 1.807) is 12.1 Å². The van der Waals surface area contributed by atoms with E-state index >= 15 is 0 Å². The number of nitrogen functional groups attached to an aromatic ring is 2. The van der Waals surface area contributed by atoms with Crippen LogP contribution in [0.4, 0.5) is 11.8 Å². The summed E-state index contributed by atoms with van der Waals surface area (Å²) in [6, 6.07) is 5.19. The minimum atomic E-state index is -0.0676. The molecule has 0 aliphatic rings. The number of benzene rings is 1. The maximum Gasteiger partial charge on any atom is 0.222 e. The molecule has 0 radical (unpaired) electrons. The molecule has 2 rings (SSSR count). The van der Waals surface area contributed by atoms with Crippen molar-refractivity contribution < 1.29 is 5.11 Å². The molecule has 5 N–H and O–H groups in total. The van der Waals surface area contributed by atoms with Crippen molar-refractivity contribution in [1.29, 1.82) is 5.26 Å². The molecule has 0 amide bonds. The number of hydrogen-bond donors (Lipinski definition) is 3. The minimum absolute atomic E-state index is 0.0273. The zero-order valence-electron chi connectivity index (χ0n) is 9.35. The molecule has 96 valence electrons. The normalized spacial score (nSPS) is 10.2. The van der Waals surface area contributed by atoms with Gasteiger partial charge in [-0.25, -0.2) is 4.98 Å². The third-order valence-corrected chi connectivity index (χ3v) is 3.41. The molecule has 0 atom stereocenters. The molecule has 0 aliphatic heterocycles. The Morgan fingerprint density at radius 3 is 2.53 bits per heavy atom. The molecule has 19 heavy (non-hydrogen) atoms. The zero-order chi connectivity index (χ0) is 14.2. The van der Waals surface area contributed by atoms with E-state index in [9.17, 15) is 5.11 Å². The number of aromatic nitrogens is 2. The second kappa shape index (κ2) is 5.03. The fourth-order valence-corrected chi connectivity index (χ4v) is 2.77.